The molecule has 0 radical (unpaired) electrons. The first-order chi connectivity index (χ1) is 11.6. The summed E-state index contributed by atoms with van der Waals surface area (Å²) in [5.74, 6) is 0.847. The van der Waals surface area contributed by atoms with E-state index in [1.165, 1.54) is 5.56 Å². The van der Waals surface area contributed by atoms with Crippen molar-refractivity contribution in [3.05, 3.63) is 71.6 Å². The quantitative estimate of drug-likeness (QED) is 0.754. The van der Waals surface area contributed by atoms with Gasteiger partial charge in [-0.05, 0) is 18.6 Å². The zero-order chi connectivity index (χ0) is 16.9. The fraction of sp³-hybridized carbons (Fsp3) is 0.278. The summed E-state index contributed by atoms with van der Waals surface area (Å²) in [4.78, 5) is 16.6. The van der Waals surface area contributed by atoms with Gasteiger partial charge >= 0.3 is 0 Å². The Hall–Kier alpha value is -2.89. The Kier molecular flexibility index (Phi) is 4.74. The molecule has 0 aliphatic heterocycles. The van der Waals surface area contributed by atoms with E-state index < -0.39 is 0 Å². The van der Waals surface area contributed by atoms with E-state index in [0.717, 1.165) is 18.1 Å². The molecule has 6 heteroatoms. The predicted octanol–water partition coefficient (Wildman–Crippen LogP) is 1.95. The molecule has 2 aromatic heterocycles. The van der Waals surface area contributed by atoms with Crippen molar-refractivity contribution in [3.63, 3.8) is 0 Å². The summed E-state index contributed by atoms with van der Waals surface area (Å²) in [6, 6.07) is 12.0. The van der Waals surface area contributed by atoms with Crippen LogP contribution in [0, 0.1) is 6.92 Å². The van der Waals surface area contributed by atoms with Gasteiger partial charge in [-0.25, -0.2) is 4.98 Å². The smallest absolute Gasteiger partial charge is 0.269 e. The fourth-order valence-corrected chi connectivity index (χ4v) is 2.69. The first-order valence-corrected chi connectivity index (χ1v) is 7.96. The van der Waals surface area contributed by atoms with Crippen LogP contribution >= 0.6 is 0 Å². The number of aryl methyl sites for hydroxylation is 2. The van der Waals surface area contributed by atoms with Crippen LogP contribution in [0.15, 0.2) is 48.8 Å². The molecule has 0 spiro atoms. The minimum Gasteiger partial charge on any atom is -0.350 e. The number of carbonyl (C=O) groups is 1. The largest absolute Gasteiger partial charge is 0.350 e. The first-order valence-electron chi connectivity index (χ1n) is 7.96. The molecular formula is C18H21N5O. The number of nitrogens with one attached hydrogen (secondary N) is 1. The zero-order valence-corrected chi connectivity index (χ0v) is 13.9. The number of amides is 1. The van der Waals surface area contributed by atoms with Crippen LogP contribution in [-0.2, 0) is 20.0 Å². The van der Waals surface area contributed by atoms with Crippen molar-refractivity contribution in [1.82, 2.24) is 24.6 Å². The van der Waals surface area contributed by atoms with Gasteiger partial charge in [-0.3, -0.25) is 9.48 Å². The summed E-state index contributed by atoms with van der Waals surface area (Å²) < 4.78 is 3.71. The van der Waals surface area contributed by atoms with Gasteiger partial charge in [0.15, 0.2) is 0 Å². The third kappa shape index (κ3) is 3.71. The molecule has 0 aliphatic carbocycles. The van der Waals surface area contributed by atoms with Gasteiger partial charge < -0.3 is 9.88 Å². The highest BCUT2D eigenvalue weighted by atomic mass is 16.2. The van der Waals surface area contributed by atoms with Crippen LogP contribution in [0.3, 0.4) is 0 Å². The third-order valence-electron chi connectivity index (χ3n) is 3.87. The molecular weight excluding hydrogens is 302 g/mol. The van der Waals surface area contributed by atoms with Crippen molar-refractivity contribution in [3.8, 4) is 0 Å². The Morgan fingerprint density at radius 3 is 2.75 bits per heavy atom. The maximum atomic E-state index is 12.2. The lowest BCUT2D eigenvalue weighted by atomic mass is 10.2. The lowest BCUT2D eigenvalue weighted by molar-refractivity contribution is 0.0944. The summed E-state index contributed by atoms with van der Waals surface area (Å²) in [7, 11) is 1.77. The first kappa shape index (κ1) is 16.0. The SMILES string of the molecule is Cc1cc(C(=O)NCCc2nccn2Cc2ccccc2)n(C)n1. The molecule has 2 heterocycles. The Morgan fingerprint density at radius 1 is 1.25 bits per heavy atom. The van der Waals surface area contributed by atoms with Crippen LogP contribution in [0.5, 0.6) is 0 Å². The van der Waals surface area contributed by atoms with E-state index in [1.807, 2.05) is 31.3 Å². The average molecular weight is 323 g/mol. The van der Waals surface area contributed by atoms with E-state index in [2.05, 4.69) is 32.1 Å². The van der Waals surface area contributed by atoms with Crippen molar-refractivity contribution in [1.29, 1.82) is 0 Å². The van der Waals surface area contributed by atoms with Crippen molar-refractivity contribution in [2.75, 3.05) is 6.54 Å². The van der Waals surface area contributed by atoms with Gasteiger partial charge in [-0.2, -0.15) is 5.10 Å². The van der Waals surface area contributed by atoms with E-state index in [0.29, 0.717) is 18.7 Å². The predicted molar refractivity (Wildman–Crippen MR) is 91.8 cm³/mol. The Balaban J connectivity index is 1.57. The second-order valence-corrected chi connectivity index (χ2v) is 5.76. The Morgan fingerprint density at radius 2 is 2.04 bits per heavy atom. The highest BCUT2D eigenvalue weighted by Crippen LogP contribution is 2.06. The lowest BCUT2D eigenvalue weighted by Crippen LogP contribution is -2.28. The Labute approximate surface area is 141 Å². The molecule has 1 aromatic carbocycles. The van der Waals surface area contributed by atoms with Crippen LogP contribution in [0.4, 0.5) is 0 Å². The molecule has 3 rings (SSSR count). The molecule has 124 valence electrons. The van der Waals surface area contributed by atoms with Gasteiger partial charge in [-0.15, -0.1) is 0 Å². The number of nitrogens with zero attached hydrogens (tertiary/aromatic N) is 4. The van der Waals surface area contributed by atoms with Crippen molar-refractivity contribution in [2.24, 2.45) is 7.05 Å². The van der Waals surface area contributed by atoms with E-state index in [9.17, 15) is 4.79 Å². The van der Waals surface area contributed by atoms with E-state index >= 15 is 0 Å². The van der Waals surface area contributed by atoms with Gasteiger partial charge in [0.25, 0.3) is 5.91 Å². The van der Waals surface area contributed by atoms with E-state index in [1.54, 1.807) is 24.0 Å². The number of carbonyl (C=O) groups excluding carboxylic acids is 1. The van der Waals surface area contributed by atoms with Crippen LogP contribution < -0.4 is 5.32 Å². The minimum atomic E-state index is -0.112. The molecule has 0 unspecified atom stereocenters. The highest BCUT2D eigenvalue weighted by Gasteiger charge is 2.11. The van der Waals surface area contributed by atoms with Crippen molar-refractivity contribution in [2.45, 2.75) is 19.9 Å². The van der Waals surface area contributed by atoms with Gasteiger partial charge in [0.2, 0.25) is 0 Å². The molecule has 3 aromatic rings. The van der Waals surface area contributed by atoms with Crippen molar-refractivity contribution >= 4 is 5.91 Å². The van der Waals surface area contributed by atoms with Gasteiger partial charge in [-0.1, -0.05) is 30.3 Å². The summed E-state index contributed by atoms with van der Waals surface area (Å²) in [6.07, 6.45) is 4.45. The van der Waals surface area contributed by atoms with Crippen LogP contribution in [-0.4, -0.2) is 31.8 Å². The van der Waals surface area contributed by atoms with Crippen LogP contribution in [0.25, 0.3) is 0 Å². The fourth-order valence-electron chi connectivity index (χ4n) is 2.69. The van der Waals surface area contributed by atoms with E-state index in [4.69, 9.17) is 0 Å². The molecule has 0 saturated heterocycles. The molecule has 0 atom stereocenters. The molecule has 0 fully saturated rings. The van der Waals surface area contributed by atoms with Crippen LogP contribution in [0.1, 0.15) is 27.6 Å². The maximum Gasteiger partial charge on any atom is 0.269 e. The normalized spacial score (nSPS) is 10.8. The molecule has 0 bridgehead atoms. The topological polar surface area (TPSA) is 64.7 Å². The third-order valence-corrected chi connectivity index (χ3v) is 3.87. The number of hydrogen-bond acceptors (Lipinski definition) is 3. The van der Waals surface area contributed by atoms with Gasteiger partial charge in [0, 0.05) is 39.0 Å². The monoisotopic (exact) mass is 323 g/mol. The molecule has 0 aliphatic rings. The zero-order valence-electron chi connectivity index (χ0n) is 13.9. The molecule has 24 heavy (non-hydrogen) atoms. The molecule has 1 amide bonds. The number of aromatic nitrogens is 4. The Bertz CT molecular complexity index is 819. The van der Waals surface area contributed by atoms with Gasteiger partial charge in [0.1, 0.15) is 11.5 Å². The van der Waals surface area contributed by atoms with Gasteiger partial charge in [0.05, 0.1) is 5.69 Å². The van der Waals surface area contributed by atoms with Crippen LogP contribution in [0.2, 0.25) is 0 Å². The molecule has 1 N–H and O–H groups in total. The standard InChI is InChI=1S/C18H21N5O/c1-14-12-16(22(2)21-14)18(24)20-9-8-17-19-10-11-23(17)13-15-6-4-3-5-7-15/h3-7,10-12H,8-9,13H2,1-2H3,(H,20,24). The summed E-state index contributed by atoms with van der Waals surface area (Å²) >= 11 is 0. The second-order valence-electron chi connectivity index (χ2n) is 5.76. The molecule has 6 nitrogen and oxygen atoms in total. The maximum absolute atomic E-state index is 12.2. The van der Waals surface area contributed by atoms with Crippen molar-refractivity contribution < 1.29 is 4.79 Å². The molecule has 0 saturated carbocycles. The highest BCUT2D eigenvalue weighted by molar-refractivity contribution is 5.92. The number of rotatable bonds is 6. The number of benzene rings is 1. The second kappa shape index (κ2) is 7.12. The minimum absolute atomic E-state index is 0.112. The summed E-state index contributed by atoms with van der Waals surface area (Å²) in [5, 5.41) is 7.12. The number of hydrogen-bond donors (Lipinski definition) is 1. The average Bonchev–Trinajstić information content (AvgIpc) is 3.14. The summed E-state index contributed by atoms with van der Waals surface area (Å²) in [5.41, 5.74) is 2.63. The lowest BCUT2D eigenvalue weighted by Gasteiger charge is -2.09. The number of imidazole rings is 1. The van der Waals surface area contributed by atoms with E-state index in [-0.39, 0.29) is 5.91 Å². The summed E-state index contributed by atoms with van der Waals surface area (Å²) in [6.45, 7) is 3.19.